The molecule has 0 radical (unpaired) electrons. The van der Waals surface area contributed by atoms with Crippen LogP contribution in [0.25, 0.3) is 0 Å². The lowest BCUT2D eigenvalue weighted by Crippen LogP contribution is -2.35. The molecular formula is C14H15NO3. The molecule has 1 unspecified atom stereocenters. The number of amides is 1. The van der Waals surface area contributed by atoms with E-state index >= 15 is 0 Å². The molecule has 4 heteroatoms. The molecule has 1 amide bonds. The van der Waals surface area contributed by atoms with Crippen LogP contribution >= 0.6 is 0 Å². The molecule has 0 saturated carbocycles. The Morgan fingerprint density at radius 1 is 1.50 bits per heavy atom. The quantitative estimate of drug-likeness (QED) is 0.587. The Labute approximate surface area is 106 Å². The van der Waals surface area contributed by atoms with Crippen LogP contribution in [-0.2, 0) is 20.7 Å². The van der Waals surface area contributed by atoms with Crippen molar-refractivity contribution in [1.29, 1.82) is 0 Å². The standard InChI is InChI=1S/C14H15NO3/c1-2-18-14(17)11-10-7-3-5-9-6-4-8-15(12(9)10)13(11)16/h3,5,7,11H,2,4,6,8H2,1H3. The van der Waals surface area contributed by atoms with Crippen molar-refractivity contribution >= 4 is 17.6 Å². The molecule has 2 aliphatic rings. The zero-order valence-electron chi connectivity index (χ0n) is 10.3. The van der Waals surface area contributed by atoms with E-state index in [-0.39, 0.29) is 5.91 Å². The van der Waals surface area contributed by atoms with Gasteiger partial charge < -0.3 is 9.64 Å². The molecule has 1 aromatic rings. The molecule has 2 aliphatic heterocycles. The Kier molecular flexibility index (Phi) is 2.58. The minimum Gasteiger partial charge on any atom is -0.465 e. The third-order valence-corrected chi connectivity index (χ3v) is 3.59. The van der Waals surface area contributed by atoms with Crippen molar-refractivity contribution in [2.24, 2.45) is 0 Å². The number of aryl methyl sites for hydroxylation is 1. The molecule has 94 valence electrons. The van der Waals surface area contributed by atoms with Crippen LogP contribution in [0.15, 0.2) is 18.2 Å². The lowest BCUT2D eigenvalue weighted by Gasteiger charge is -2.25. The molecule has 18 heavy (non-hydrogen) atoms. The number of anilines is 1. The summed E-state index contributed by atoms with van der Waals surface area (Å²) in [5.74, 6) is -1.31. The number of rotatable bonds is 2. The number of esters is 1. The molecule has 0 saturated heterocycles. The summed E-state index contributed by atoms with van der Waals surface area (Å²) in [5.41, 5.74) is 2.93. The van der Waals surface area contributed by atoms with Crippen molar-refractivity contribution in [2.45, 2.75) is 25.7 Å². The molecule has 0 aliphatic carbocycles. The normalized spacial score (nSPS) is 20.8. The third-order valence-electron chi connectivity index (χ3n) is 3.59. The van der Waals surface area contributed by atoms with Crippen molar-refractivity contribution in [3.8, 4) is 0 Å². The van der Waals surface area contributed by atoms with Gasteiger partial charge in [-0.15, -0.1) is 0 Å². The molecule has 1 aromatic carbocycles. The molecule has 0 aromatic heterocycles. The maximum Gasteiger partial charge on any atom is 0.323 e. The van der Waals surface area contributed by atoms with Crippen LogP contribution in [0.2, 0.25) is 0 Å². The molecule has 4 nitrogen and oxygen atoms in total. The maximum absolute atomic E-state index is 12.3. The highest BCUT2D eigenvalue weighted by molar-refractivity contribution is 6.16. The highest BCUT2D eigenvalue weighted by Gasteiger charge is 2.44. The van der Waals surface area contributed by atoms with Crippen LogP contribution in [0, 0.1) is 0 Å². The van der Waals surface area contributed by atoms with Gasteiger partial charge in [0.25, 0.3) is 0 Å². The van der Waals surface area contributed by atoms with Gasteiger partial charge >= 0.3 is 5.97 Å². The van der Waals surface area contributed by atoms with E-state index in [1.807, 2.05) is 18.2 Å². The Balaban J connectivity index is 2.08. The molecule has 0 bridgehead atoms. The van der Waals surface area contributed by atoms with Gasteiger partial charge in [0.05, 0.1) is 12.3 Å². The Morgan fingerprint density at radius 3 is 3.11 bits per heavy atom. The summed E-state index contributed by atoms with van der Waals surface area (Å²) in [4.78, 5) is 26.0. The van der Waals surface area contributed by atoms with E-state index in [9.17, 15) is 9.59 Å². The number of hydrogen-bond acceptors (Lipinski definition) is 3. The highest BCUT2D eigenvalue weighted by atomic mass is 16.5. The lowest BCUT2D eigenvalue weighted by molar-refractivity contribution is -0.147. The van der Waals surface area contributed by atoms with Crippen molar-refractivity contribution < 1.29 is 14.3 Å². The van der Waals surface area contributed by atoms with Gasteiger partial charge in [0.2, 0.25) is 5.91 Å². The van der Waals surface area contributed by atoms with Gasteiger partial charge in [0.1, 0.15) is 0 Å². The van der Waals surface area contributed by atoms with Crippen LogP contribution < -0.4 is 4.90 Å². The predicted octanol–water partition coefficient (Wildman–Crippen LogP) is 1.63. The van der Waals surface area contributed by atoms with Crippen molar-refractivity contribution in [3.05, 3.63) is 29.3 Å². The maximum atomic E-state index is 12.3. The van der Waals surface area contributed by atoms with E-state index in [1.54, 1.807) is 11.8 Å². The zero-order valence-corrected chi connectivity index (χ0v) is 10.3. The van der Waals surface area contributed by atoms with Crippen LogP contribution in [0.1, 0.15) is 30.4 Å². The minimum absolute atomic E-state index is 0.129. The molecule has 0 spiro atoms. The molecular weight excluding hydrogens is 230 g/mol. The molecule has 0 fully saturated rings. The van der Waals surface area contributed by atoms with Gasteiger partial charge in [-0.3, -0.25) is 9.59 Å². The van der Waals surface area contributed by atoms with E-state index in [4.69, 9.17) is 4.74 Å². The average Bonchev–Trinajstić information content (AvgIpc) is 2.66. The second-order valence-corrected chi connectivity index (χ2v) is 4.63. The summed E-state index contributed by atoms with van der Waals surface area (Å²) in [5, 5.41) is 0. The van der Waals surface area contributed by atoms with E-state index in [1.165, 1.54) is 5.56 Å². The second kappa shape index (κ2) is 4.12. The number of carbonyl (C=O) groups excluding carboxylic acids is 2. The lowest BCUT2D eigenvalue weighted by atomic mass is 9.96. The summed E-state index contributed by atoms with van der Waals surface area (Å²) in [6.45, 7) is 2.76. The topological polar surface area (TPSA) is 46.6 Å². The first kappa shape index (κ1) is 11.3. The first-order valence-corrected chi connectivity index (χ1v) is 6.34. The van der Waals surface area contributed by atoms with Gasteiger partial charge in [-0.05, 0) is 30.9 Å². The first-order chi connectivity index (χ1) is 8.74. The number of ether oxygens (including phenoxy) is 1. The molecule has 0 N–H and O–H groups in total. The van der Waals surface area contributed by atoms with Gasteiger partial charge in [0, 0.05) is 6.54 Å². The van der Waals surface area contributed by atoms with Crippen LogP contribution in [0.5, 0.6) is 0 Å². The van der Waals surface area contributed by atoms with Gasteiger partial charge in [-0.2, -0.15) is 0 Å². The average molecular weight is 245 g/mol. The molecule has 2 heterocycles. The van der Waals surface area contributed by atoms with Crippen LogP contribution in [0.4, 0.5) is 5.69 Å². The summed E-state index contributed by atoms with van der Waals surface area (Å²) in [6.07, 6.45) is 1.93. The molecule has 1 atom stereocenters. The second-order valence-electron chi connectivity index (χ2n) is 4.63. The van der Waals surface area contributed by atoms with E-state index < -0.39 is 11.9 Å². The SMILES string of the molecule is CCOC(=O)C1C(=O)N2CCCc3cccc1c32. The fourth-order valence-corrected chi connectivity index (χ4v) is 2.88. The van der Waals surface area contributed by atoms with Gasteiger partial charge in [-0.1, -0.05) is 18.2 Å². The summed E-state index contributed by atoms with van der Waals surface area (Å²) in [6, 6.07) is 5.82. The van der Waals surface area contributed by atoms with E-state index in [0.717, 1.165) is 24.1 Å². The number of benzene rings is 1. The van der Waals surface area contributed by atoms with Crippen LogP contribution in [0.3, 0.4) is 0 Å². The summed E-state index contributed by atoms with van der Waals surface area (Å²) >= 11 is 0. The van der Waals surface area contributed by atoms with Crippen LogP contribution in [-0.4, -0.2) is 25.0 Å². The summed E-state index contributed by atoms with van der Waals surface area (Å²) < 4.78 is 5.02. The number of hydrogen-bond donors (Lipinski definition) is 0. The first-order valence-electron chi connectivity index (χ1n) is 6.34. The largest absolute Gasteiger partial charge is 0.465 e. The Morgan fingerprint density at radius 2 is 2.33 bits per heavy atom. The fourth-order valence-electron chi connectivity index (χ4n) is 2.88. The smallest absolute Gasteiger partial charge is 0.323 e. The Hall–Kier alpha value is -1.84. The third kappa shape index (κ3) is 1.45. The number of para-hydroxylation sites is 1. The monoisotopic (exact) mass is 245 g/mol. The van der Waals surface area contributed by atoms with Crippen molar-refractivity contribution in [1.82, 2.24) is 0 Å². The zero-order chi connectivity index (χ0) is 12.7. The summed E-state index contributed by atoms with van der Waals surface area (Å²) in [7, 11) is 0. The Bertz CT molecular complexity index is 524. The van der Waals surface area contributed by atoms with E-state index in [2.05, 4.69) is 0 Å². The van der Waals surface area contributed by atoms with Crippen molar-refractivity contribution in [2.75, 3.05) is 18.1 Å². The predicted molar refractivity (Wildman–Crippen MR) is 66.5 cm³/mol. The van der Waals surface area contributed by atoms with Gasteiger partial charge in [0.15, 0.2) is 5.92 Å². The van der Waals surface area contributed by atoms with Gasteiger partial charge in [-0.25, -0.2) is 0 Å². The fraction of sp³-hybridized carbons (Fsp3) is 0.429. The number of carbonyl (C=O) groups is 2. The van der Waals surface area contributed by atoms with E-state index in [0.29, 0.717) is 13.2 Å². The minimum atomic E-state index is -0.752. The van der Waals surface area contributed by atoms with Crippen molar-refractivity contribution in [3.63, 3.8) is 0 Å². The highest BCUT2D eigenvalue weighted by Crippen LogP contribution is 2.42. The molecule has 3 rings (SSSR count). The number of nitrogens with zero attached hydrogens (tertiary/aromatic N) is 1.